The molecule has 4 fully saturated rings. The van der Waals surface area contributed by atoms with Crippen molar-refractivity contribution in [2.75, 3.05) is 13.7 Å². The van der Waals surface area contributed by atoms with E-state index in [4.69, 9.17) is 19.2 Å². The van der Waals surface area contributed by atoms with Crippen LogP contribution in [0.4, 0.5) is 0 Å². The summed E-state index contributed by atoms with van der Waals surface area (Å²) in [6.45, 7) is 2.07. The van der Waals surface area contributed by atoms with Crippen molar-refractivity contribution in [3.63, 3.8) is 0 Å². The van der Waals surface area contributed by atoms with Gasteiger partial charge in [0.15, 0.2) is 11.9 Å². The first-order chi connectivity index (χ1) is 9.14. The summed E-state index contributed by atoms with van der Waals surface area (Å²) in [7, 11) is 1.66. The van der Waals surface area contributed by atoms with Crippen LogP contribution in [0, 0.1) is 11.8 Å². The van der Waals surface area contributed by atoms with Crippen LogP contribution in [0.5, 0.6) is 0 Å². The highest BCUT2D eigenvalue weighted by Crippen LogP contribution is 2.55. The van der Waals surface area contributed by atoms with E-state index >= 15 is 0 Å². The van der Waals surface area contributed by atoms with E-state index in [1.807, 2.05) is 6.92 Å². The van der Waals surface area contributed by atoms with Gasteiger partial charge in [0, 0.05) is 20.1 Å². The number of hydrogen-bond acceptors (Lipinski definition) is 5. The molecule has 4 aliphatic rings. The molecule has 3 aliphatic heterocycles. The molecular weight excluding hydrogens is 248 g/mol. The van der Waals surface area contributed by atoms with Crippen LogP contribution >= 0.6 is 0 Å². The molecule has 2 unspecified atom stereocenters. The SMILES string of the molecule is COC1O[C@]2(C)CC[C@@H]3CCCC(CCO)[C@]13OO2. The zero-order valence-electron chi connectivity index (χ0n) is 11.8. The molecule has 1 N–H and O–H groups in total. The Morgan fingerprint density at radius 1 is 1.26 bits per heavy atom. The summed E-state index contributed by atoms with van der Waals surface area (Å²) < 4.78 is 11.6. The maximum atomic E-state index is 9.33. The molecule has 5 nitrogen and oxygen atoms in total. The van der Waals surface area contributed by atoms with E-state index in [2.05, 4.69) is 0 Å². The predicted molar refractivity (Wildman–Crippen MR) is 67.0 cm³/mol. The van der Waals surface area contributed by atoms with E-state index in [1.165, 1.54) is 6.42 Å². The highest BCUT2D eigenvalue weighted by atomic mass is 17.3. The molecule has 0 radical (unpaired) electrons. The van der Waals surface area contributed by atoms with Crippen molar-refractivity contribution in [3.05, 3.63) is 0 Å². The molecule has 1 aliphatic carbocycles. The van der Waals surface area contributed by atoms with Crippen LogP contribution in [0.2, 0.25) is 0 Å². The van der Waals surface area contributed by atoms with Crippen molar-refractivity contribution >= 4 is 0 Å². The van der Waals surface area contributed by atoms with Gasteiger partial charge in [0.1, 0.15) is 0 Å². The van der Waals surface area contributed by atoms with Crippen LogP contribution in [-0.2, 0) is 19.2 Å². The van der Waals surface area contributed by atoms with Crippen LogP contribution in [-0.4, -0.2) is 36.5 Å². The van der Waals surface area contributed by atoms with E-state index in [-0.39, 0.29) is 12.5 Å². The van der Waals surface area contributed by atoms with Gasteiger partial charge in [-0.05, 0) is 44.4 Å². The maximum Gasteiger partial charge on any atom is 0.201 e. The minimum Gasteiger partial charge on any atom is -0.396 e. The Morgan fingerprint density at radius 2 is 2.11 bits per heavy atom. The van der Waals surface area contributed by atoms with Crippen LogP contribution < -0.4 is 0 Å². The minimum absolute atomic E-state index is 0.163. The zero-order valence-corrected chi connectivity index (χ0v) is 11.8. The normalized spacial score (nSPS) is 49.7. The molecule has 4 rings (SSSR count). The van der Waals surface area contributed by atoms with Gasteiger partial charge < -0.3 is 14.6 Å². The summed E-state index contributed by atoms with van der Waals surface area (Å²) in [6.07, 6.45) is 5.47. The van der Waals surface area contributed by atoms with E-state index in [9.17, 15) is 5.11 Å². The summed E-state index contributed by atoms with van der Waals surface area (Å²) in [6, 6.07) is 0. The summed E-state index contributed by atoms with van der Waals surface area (Å²) in [4.78, 5) is 11.5. The third kappa shape index (κ3) is 2.03. The molecule has 1 spiro atoms. The Balaban J connectivity index is 1.97. The third-order valence-electron chi connectivity index (χ3n) is 5.11. The molecule has 0 aromatic carbocycles. The molecule has 3 heterocycles. The Labute approximate surface area is 114 Å². The van der Waals surface area contributed by atoms with Gasteiger partial charge in [0.25, 0.3) is 0 Å². The molecule has 110 valence electrons. The second kappa shape index (κ2) is 4.97. The molecule has 3 saturated heterocycles. The number of aliphatic hydroxyl groups is 1. The first-order valence-electron chi connectivity index (χ1n) is 7.33. The van der Waals surface area contributed by atoms with E-state index in [1.54, 1.807) is 7.11 Å². The first kappa shape index (κ1) is 13.8. The topological polar surface area (TPSA) is 57.2 Å². The van der Waals surface area contributed by atoms with Crippen LogP contribution in [0.1, 0.15) is 45.4 Å². The molecule has 5 atom stereocenters. The third-order valence-corrected chi connectivity index (χ3v) is 5.11. The number of fused-ring (bicyclic) bond motifs is 3. The van der Waals surface area contributed by atoms with Crippen LogP contribution in [0.25, 0.3) is 0 Å². The van der Waals surface area contributed by atoms with E-state index in [0.29, 0.717) is 12.3 Å². The van der Waals surface area contributed by atoms with Crippen molar-refractivity contribution in [2.24, 2.45) is 11.8 Å². The van der Waals surface area contributed by atoms with E-state index in [0.717, 1.165) is 25.7 Å². The van der Waals surface area contributed by atoms with Gasteiger partial charge in [-0.15, -0.1) is 0 Å². The largest absolute Gasteiger partial charge is 0.396 e. The van der Waals surface area contributed by atoms with Gasteiger partial charge in [0.2, 0.25) is 5.79 Å². The fraction of sp³-hybridized carbons (Fsp3) is 1.00. The summed E-state index contributed by atoms with van der Waals surface area (Å²) in [5, 5.41) is 9.33. The Kier molecular flexibility index (Phi) is 3.60. The van der Waals surface area contributed by atoms with Crippen LogP contribution in [0.3, 0.4) is 0 Å². The van der Waals surface area contributed by atoms with Gasteiger partial charge in [0.05, 0.1) is 0 Å². The number of rotatable bonds is 3. The minimum atomic E-state index is -0.701. The van der Waals surface area contributed by atoms with Crippen molar-refractivity contribution < 1.29 is 24.4 Å². The standard InChI is InChI=1S/C14H24O5/c1-13-8-6-10-4-3-5-11(7-9-15)14(10,19-18-13)12(16-2)17-13/h10-12,15H,3-9H2,1-2H3/t10-,11?,12?,13-,14-/m0/s1. The fourth-order valence-corrected chi connectivity index (χ4v) is 4.12. The predicted octanol–water partition coefficient (Wildman–Crippen LogP) is 1.98. The van der Waals surface area contributed by atoms with Crippen molar-refractivity contribution in [3.8, 4) is 0 Å². The quantitative estimate of drug-likeness (QED) is 0.796. The number of hydrogen-bond donors (Lipinski definition) is 1. The van der Waals surface area contributed by atoms with Gasteiger partial charge in [-0.25, -0.2) is 9.78 Å². The second-order valence-corrected chi connectivity index (χ2v) is 6.22. The van der Waals surface area contributed by atoms with E-state index < -0.39 is 17.7 Å². The molecule has 19 heavy (non-hydrogen) atoms. The second-order valence-electron chi connectivity index (χ2n) is 6.22. The highest BCUT2D eigenvalue weighted by Gasteiger charge is 2.63. The molecule has 5 heteroatoms. The lowest BCUT2D eigenvalue weighted by atomic mass is 9.65. The van der Waals surface area contributed by atoms with Crippen molar-refractivity contribution in [2.45, 2.75) is 63.1 Å². The molecule has 0 aromatic heterocycles. The fourth-order valence-electron chi connectivity index (χ4n) is 4.12. The Hall–Kier alpha value is -0.200. The molecule has 1 saturated carbocycles. The van der Waals surface area contributed by atoms with Crippen molar-refractivity contribution in [1.82, 2.24) is 0 Å². The number of methoxy groups -OCH3 is 1. The lowest BCUT2D eigenvalue weighted by molar-refractivity contribution is -0.554. The van der Waals surface area contributed by atoms with Gasteiger partial charge in [-0.3, -0.25) is 0 Å². The number of aliphatic hydroxyl groups excluding tert-OH is 1. The summed E-state index contributed by atoms with van der Waals surface area (Å²) >= 11 is 0. The average molecular weight is 272 g/mol. The maximum absolute atomic E-state index is 9.33. The zero-order chi connectivity index (χ0) is 13.5. The first-order valence-corrected chi connectivity index (χ1v) is 7.33. The summed E-state index contributed by atoms with van der Waals surface area (Å²) in [5.74, 6) is -0.0940. The number of ether oxygens (including phenoxy) is 2. The smallest absolute Gasteiger partial charge is 0.201 e. The van der Waals surface area contributed by atoms with Gasteiger partial charge in [-0.1, -0.05) is 6.42 Å². The monoisotopic (exact) mass is 272 g/mol. The molecule has 0 aromatic rings. The molecule has 2 bridgehead atoms. The molecule has 0 amide bonds. The van der Waals surface area contributed by atoms with Gasteiger partial charge >= 0.3 is 0 Å². The summed E-state index contributed by atoms with van der Waals surface area (Å²) in [5.41, 5.74) is -0.550. The lowest BCUT2D eigenvalue weighted by Crippen LogP contribution is -2.63. The Morgan fingerprint density at radius 3 is 2.84 bits per heavy atom. The average Bonchev–Trinajstić information content (AvgIpc) is 2.64. The van der Waals surface area contributed by atoms with Crippen LogP contribution in [0.15, 0.2) is 0 Å². The Bertz CT molecular complexity index is 325. The highest BCUT2D eigenvalue weighted by molar-refractivity contribution is 5.03. The van der Waals surface area contributed by atoms with Crippen molar-refractivity contribution in [1.29, 1.82) is 0 Å². The lowest BCUT2D eigenvalue weighted by Gasteiger charge is -2.53. The molecular formula is C14H24O5. The van der Waals surface area contributed by atoms with Gasteiger partial charge in [-0.2, -0.15) is 0 Å².